The molecule has 0 N–H and O–H groups in total. The van der Waals surface area contributed by atoms with Gasteiger partial charge in [-0.25, -0.2) is 0 Å². The minimum atomic E-state index is 0.0949. The third kappa shape index (κ3) is 1.87. The molecular formula is C12H13BrOS. The van der Waals surface area contributed by atoms with Crippen LogP contribution in [0.4, 0.5) is 0 Å². The number of aryl methyl sites for hydroxylation is 1. The molecule has 0 amide bonds. The molecule has 1 atom stereocenters. The average molecular weight is 285 g/mol. The smallest absolute Gasteiger partial charge is 0.127 e. The Morgan fingerprint density at radius 2 is 2.27 bits per heavy atom. The van der Waals surface area contributed by atoms with E-state index in [1.165, 1.54) is 21.6 Å². The molecule has 0 saturated heterocycles. The van der Waals surface area contributed by atoms with Gasteiger partial charge in [-0.15, -0.1) is 11.8 Å². The molecule has 3 heteroatoms. The van der Waals surface area contributed by atoms with Crippen molar-refractivity contribution in [1.29, 1.82) is 0 Å². The second-order valence-corrected chi connectivity index (χ2v) is 5.88. The SMILES string of the molecule is Cc1cc(Br)c(C)c2c1SCCC2C=O. The Hall–Kier alpha value is -0.280. The van der Waals surface area contributed by atoms with Crippen molar-refractivity contribution in [1.82, 2.24) is 0 Å². The Labute approximate surface area is 103 Å². The zero-order valence-electron chi connectivity index (χ0n) is 8.84. The molecule has 1 nitrogen and oxygen atoms in total. The molecule has 80 valence electrons. The van der Waals surface area contributed by atoms with Gasteiger partial charge in [0.25, 0.3) is 0 Å². The van der Waals surface area contributed by atoms with E-state index in [0.717, 1.165) is 22.9 Å². The fraction of sp³-hybridized carbons (Fsp3) is 0.417. The van der Waals surface area contributed by atoms with E-state index in [9.17, 15) is 4.79 Å². The third-order valence-corrected chi connectivity index (χ3v) is 5.01. The Kier molecular flexibility index (Phi) is 3.21. The van der Waals surface area contributed by atoms with Gasteiger partial charge >= 0.3 is 0 Å². The molecule has 0 saturated carbocycles. The summed E-state index contributed by atoms with van der Waals surface area (Å²) < 4.78 is 1.12. The highest BCUT2D eigenvalue weighted by Gasteiger charge is 2.24. The molecule has 1 aromatic rings. The van der Waals surface area contributed by atoms with Crippen molar-refractivity contribution in [2.75, 3.05) is 5.75 Å². The minimum absolute atomic E-state index is 0.0949. The number of benzene rings is 1. The summed E-state index contributed by atoms with van der Waals surface area (Å²) >= 11 is 5.43. The van der Waals surface area contributed by atoms with Crippen LogP contribution in [0.15, 0.2) is 15.4 Å². The molecule has 0 radical (unpaired) electrons. The maximum atomic E-state index is 11.1. The first-order valence-electron chi connectivity index (χ1n) is 5.03. The van der Waals surface area contributed by atoms with E-state index >= 15 is 0 Å². The molecule has 1 aromatic carbocycles. The lowest BCUT2D eigenvalue weighted by molar-refractivity contribution is -0.109. The van der Waals surface area contributed by atoms with Gasteiger partial charge in [-0.05, 0) is 48.8 Å². The van der Waals surface area contributed by atoms with Crippen molar-refractivity contribution in [2.45, 2.75) is 31.1 Å². The van der Waals surface area contributed by atoms with Gasteiger partial charge in [0.15, 0.2) is 0 Å². The van der Waals surface area contributed by atoms with Crippen LogP contribution >= 0.6 is 27.7 Å². The maximum absolute atomic E-state index is 11.1. The summed E-state index contributed by atoms with van der Waals surface area (Å²) in [5.41, 5.74) is 3.74. The second-order valence-electron chi connectivity index (χ2n) is 3.92. The number of aldehydes is 1. The first kappa shape index (κ1) is 11.2. The van der Waals surface area contributed by atoms with E-state index in [1.54, 1.807) is 0 Å². The van der Waals surface area contributed by atoms with Gasteiger partial charge in [0.05, 0.1) is 0 Å². The lowest BCUT2D eigenvalue weighted by atomic mass is 9.92. The van der Waals surface area contributed by atoms with E-state index < -0.39 is 0 Å². The quantitative estimate of drug-likeness (QED) is 0.729. The predicted octanol–water partition coefficient (Wildman–Crippen LogP) is 3.84. The lowest BCUT2D eigenvalue weighted by Crippen LogP contribution is -2.12. The summed E-state index contributed by atoms with van der Waals surface area (Å²) in [6.45, 7) is 4.20. The molecule has 15 heavy (non-hydrogen) atoms. The second kappa shape index (κ2) is 4.30. The van der Waals surface area contributed by atoms with Crippen molar-refractivity contribution in [3.05, 3.63) is 27.2 Å². The molecular weight excluding hydrogens is 272 g/mol. The number of carbonyl (C=O) groups excluding carboxylic acids is 1. The highest BCUT2D eigenvalue weighted by Crippen LogP contribution is 2.42. The van der Waals surface area contributed by atoms with Crippen LogP contribution in [0.3, 0.4) is 0 Å². The normalized spacial score (nSPS) is 19.8. The Morgan fingerprint density at radius 1 is 1.53 bits per heavy atom. The van der Waals surface area contributed by atoms with E-state index in [2.05, 4.69) is 35.8 Å². The highest BCUT2D eigenvalue weighted by atomic mass is 79.9. The number of thioether (sulfide) groups is 1. The van der Waals surface area contributed by atoms with Gasteiger partial charge in [0, 0.05) is 15.3 Å². The number of halogens is 1. The molecule has 1 aliphatic rings. The van der Waals surface area contributed by atoms with E-state index in [0.29, 0.717) is 0 Å². The van der Waals surface area contributed by atoms with Crippen LogP contribution < -0.4 is 0 Å². The number of fused-ring (bicyclic) bond motifs is 1. The first-order chi connectivity index (χ1) is 7.15. The predicted molar refractivity (Wildman–Crippen MR) is 67.8 cm³/mol. The molecule has 0 aliphatic carbocycles. The Bertz CT molecular complexity index is 415. The summed E-state index contributed by atoms with van der Waals surface area (Å²) in [5, 5.41) is 0. The molecule has 2 rings (SSSR count). The summed E-state index contributed by atoms with van der Waals surface area (Å²) in [6.07, 6.45) is 2.06. The van der Waals surface area contributed by atoms with Gasteiger partial charge in [0.2, 0.25) is 0 Å². The van der Waals surface area contributed by atoms with Gasteiger partial charge in [0.1, 0.15) is 6.29 Å². The van der Waals surface area contributed by atoms with Gasteiger partial charge < -0.3 is 4.79 Å². The third-order valence-electron chi connectivity index (χ3n) is 2.92. The van der Waals surface area contributed by atoms with Crippen LogP contribution in [-0.4, -0.2) is 12.0 Å². The van der Waals surface area contributed by atoms with Crippen molar-refractivity contribution < 1.29 is 4.79 Å². The van der Waals surface area contributed by atoms with Crippen LogP contribution in [0.5, 0.6) is 0 Å². The van der Waals surface area contributed by atoms with Crippen molar-refractivity contribution >= 4 is 34.0 Å². The minimum Gasteiger partial charge on any atom is -0.303 e. The molecule has 0 bridgehead atoms. The van der Waals surface area contributed by atoms with Crippen LogP contribution in [0.25, 0.3) is 0 Å². The van der Waals surface area contributed by atoms with Crippen LogP contribution in [0, 0.1) is 13.8 Å². The standard InChI is InChI=1S/C12H13BrOS/c1-7-5-10(13)8(2)11-9(6-14)3-4-15-12(7)11/h5-6,9H,3-4H2,1-2H3. The van der Waals surface area contributed by atoms with Crippen LogP contribution in [0.2, 0.25) is 0 Å². The largest absolute Gasteiger partial charge is 0.303 e. The molecule has 1 heterocycles. The van der Waals surface area contributed by atoms with E-state index in [1.807, 2.05) is 11.8 Å². The fourth-order valence-corrected chi connectivity index (χ4v) is 3.96. The zero-order valence-corrected chi connectivity index (χ0v) is 11.2. The van der Waals surface area contributed by atoms with Gasteiger partial charge in [-0.2, -0.15) is 0 Å². The number of hydrogen-bond acceptors (Lipinski definition) is 2. The first-order valence-corrected chi connectivity index (χ1v) is 6.80. The number of carbonyl (C=O) groups is 1. The number of hydrogen-bond donors (Lipinski definition) is 0. The Morgan fingerprint density at radius 3 is 2.93 bits per heavy atom. The summed E-state index contributed by atoms with van der Waals surface area (Å²) in [5.74, 6) is 1.15. The van der Waals surface area contributed by atoms with Crippen LogP contribution in [-0.2, 0) is 4.79 Å². The van der Waals surface area contributed by atoms with Crippen molar-refractivity contribution in [2.24, 2.45) is 0 Å². The lowest BCUT2D eigenvalue weighted by Gasteiger charge is -2.25. The molecule has 0 spiro atoms. The highest BCUT2D eigenvalue weighted by molar-refractivity contribution is 9.10. The van der Waals surface area contributed by atoms with Crippen LogP contribution in [0.1, 0.15) is 29.0 Å². The van der Waals surface area contributed by atoms with Crippen molar-refractivity contribution in [3.8, 4) is 0 Å². The topological polar surface area (TPSA) is 17.1 Å². The number of rotatable bonds is 1. The molecule has 1 aliphatic heterocycles. The average Bonchev–Trinajstić information content (AvgIpc) is 2.25. The fourth-order valence-electron chi connectivity index (χ4n) is 2.08. The monoisotopic (exact) mass is 284 g/mol. The zero-order chi connectivity index (χ0) is 11.0. The summed E-state index contributed by atoms with van der Waals surface area (Å²) in [4.78, 5) is 12.4. The van der Waals surface area contributed by atoms with Gasteiger partial charge in [-0.1, -0.05) is 15.9 Å². The Balaban J connectivity index is 2.67. The summed E-state index contributed by atoms with van der Waals surface area (Å²) in [7, 11) is 0. The maximum Gasteiger partial charge on any atom is 0.127 e. The summed E-state index contributed by atoms with van der Waals surface area (Å²) in [6, 6.07) is 2.15. The van der Waals surface area contributed by atoms with Crippen molar-refractivity contribution in [3.63, 3.8) is 0 Å². The van der Waals surface area contributed by atoms with E-state index in [-0.39, 0.29) is 5.92 Å². The van der Waals surface area contributed by atoms with E-state index in [4.69, 9.17) is 0 Å². The van der Waals surface area contributed by atoms with Gasteiger partial charge in [-0.3, -0.25) is 0 Å². The molecule has 0 aromatic heterocycles. The molecule has 1 unspecified atom stereocenters. The molecule has 0 fully saturated rings.